The molecule has 16 heavy (non-hydrogen) atoms. The molecule has 0 heterocycles. The number of benzene rings is 1. The highest BCUT2D eigenvalue weighted by atomic mass is 16.5. The van der Waals surface area contributed by atoms with Crippen molar-refractivity contribution >= 4 is 5.97 Å². The van der Waals surface area contributed by atoms with Gasteiger partial charge in [-0.05, 0) is 42.5 Å². The lowest BCUT2D eigenvalue weighted by molar-refractivity contribution is -0.137. The first kappa shape index (κ1) is 12.6. The number of hydrogen-bond acceptors (Lipinski definition) is 2. The number of ether oxygens (including phenoxy) is 1. The summed E-state index contributed by atoms with van der Waals surface area (Å²) >= 11 is 0. The Labute approximate surface area is 96.1 Å². The van der Waals surface area contributed by atoms with Gasteiger partial charge in [0.05, 0.1) is 7.11 Å². The molecule has 0 aliphatic rings. The van der Waals surface area contributed by atoms with Gasteiger partial charge < -0.3 is 9.84 Å². The minimum atomic E-state index is -0.730. The van der Waals surface area contributed by atoms with Crippen LogP contribution in [0.25, 0.3) is 0 Å². The van der Waals surface area contributed by atoms with Crippen molar-refractivity contribution in [3.63, 3.8) is 0 Å². The minimum Gasteiger partial charge on any atom is -0.497 e. The number of carboxylic acid groups (broad SMARTS) is 1. The molecule has 0 radical (unpaired) electrons. The van der Waals surface area contributed by atoms with Crippen LogP contribution >= 0.6 is 0 Å². The zero-order valence-corrected chi connectivity index (χ0v) is 9.82. The SMILES string of the molecule is CCc1cc(OC)ccc1CCCC(=O)O. The first-order valence-corrected chi connectivity index (χ1v) is 5.55. The number of methoxy groups -OCH3 is 1. The van der Waals surface area contributed by atoms with Gasteiger partial charge in [0.1, 0.15) is 5.75 Å². The van der Waals surface area contributed by atoms with Crippen LogP contribution in [0.4, 0.5) is 0 Å². The van der Waals surface area contributed by atoms with Gasteiger partial charge in [-0.15, -0.1) is 0 Å². The second kappa shape index (κ2) is 6.16. The van der Waals surface area contributed by atoms with Crippen molar-refractivity contribution in [3.05, 3.63) is 29.3 Å². The maximum absolute atomic E-state index is 10.4. The molecule has 1 aromatic carbocycles. The maximum atomic E-state index is 10.4. The summed E-state index contributed by atoms with van der Waals surface area (Å²) < 4.78 is 5.16. The van der Waals surface area contributed by atoms with E-state index >= 15 is 0 Å². The highest BCUT2D eigenvalue weighted by Gasteiger charge is 2.04. The molecule has 0 aliphatic carbocycles. The van der Waals surface area contributed by atoms with E-state index in [1.807, 2.05) is 18.2 Å². The smallest absolute Gasteiger partial charge is 0.303 e. The van der Waals surface area contributed by atoms with Crippen LogP contribution in [0.1, 0.15) is 30.9 Å². The molecule has 0 saturated carbocycles. The molecule has 3 heteroatoms. The molecule has 0 atom stereocenters. The van der Waals surface area contributed by atoms with Crippen LogP contribution in [0.3, 0.4) is 0 Å². The summed E-state index contributed by atoms with van der Waals surface area (Å²) in [5.41, 5.74) is 2.47. The molecule has 0 saturated heterocycles. The third kappa shape index (κ3) is 3.57. The third-order valence-electron chi connectivity index (χ3n) is 2.63. The molecule has 88 valence electrons. The van der Waals surface area contributed by atoms with Crippen molar-refractivity contribution in [2.75, 3.05) is 7.11 Å². The highest BCUT2D eigenvalue weighted by molar-refractivity contribution is 5.66. The topological polar surface area (TPSA) is 46.5 Å². The summed E-state index contributed by atoms with van der Waals surface area (Å²) in [5.74, 6) is 0.130. The Morgan fingerprint density at radius 3 is 2.69 bits per heavy atom. The predicted molar refractivity (Wildman–Crippen MR) is 62.9 cm³/mol. The standard InChI is InChI=1S/C13H18O3/c1-3-10-9-12(16-2)8-7-11(10)5-4-6-13(14)15/h7-9H,3-6H2,1-2H3,(H,14,15). The van der Waals surface area contributed by atoms with Crippen LogP contribution in [-0.2, 0) is 17.6 Å². The van der Waals surface area contributed by atoms with Gasteiger partial charge in [0.2, 0.25) is 0 Å². The molecule has 0 fully saturated rings. The maximum Gasteiger partial charge on any atom is 0.303 e. The number of rotatable bonds is 6. The molecule has 0 aliphatic heterocycles. The van der Waals surface area contributed by atoms with Gasteiger partial charge in [-0.1, -0.05) is 13.0 Å². The summed E-state index contributed by atoms with van der Waals surface area (Å²) in [4.78, 5) is 10.4. The minimum absolute atomic E-state index is 0.231. The number of carboxylic acids is 1. The van der Waals surface area contributed by atoms with E-state index < -0.39 is 5.97 Å². The largest absolute Gasteiger partial charge is 0.497 e. The Morgan fingerprint density at radius 1 is 1.38 bits per heavy atom. The molecule has 0 bridgehead atoms. The zero-order chi connectivity index (χ0) is 12.0. The number of carbonyl (C=O) groups is 1. The molecule has 3 nitrogen and oxygen atoms in total. The molecular formula is C13H18O3. The lowest BCUT2D eigenvalue weighted by Gasteiger charge is -2.09. The summed E-state index contributed by atoms with van der Waals surface area (Å²) in [6.45, 7) is 2.09. The normalized spacial score (nSPS) is 10.1. The van der Waals surface area contributed by atoms with E-state index in [-0.39, 0.29) is 6.42 Å². The summed E-state index contributed by atoms with van der Waals surface area (Å²) in [6, 6.07) is 5.98. The lowest BCUT2D eigenvalue weighted by Crippen LogP contribution is -1.98. The average Bonchev–Trinajstić information content (AvgIpc) is 2.29. The van der Waals surface area contributed by atoms with Gasteiger partial charge in [0, 0.05) is 6.42 Å². The second-order valence-corrected chi connectivity index (χ2v) is 3.74. The van der Waals surface area contributed by atoms with Gasteiger partial charge in [-0.3, -0.25) is 4.79 Å². The van der Waals surface area contributed by atoms with E-state index in [4.69, 9.17) is 9.84 Å². The number of aliphatic carboxylic acids is 1. The molecule has 1 rings (SSSR count). The van der Waals surface area contributed by atoms with Gasteiger partial charge in [-0.2, -0.15) is 0 Å². The van der Waals surface area contributed by atoms with Gasteiger partial charge in [0.25, 0.3) is 0 Å². The van der Waals surface area contributed by atoms with E-state index in [1.165, 1.54) is 11.1 Å². The first-order chi connectivity index (χ1) is 7.67. The first-order valence-electron chi connectivity index (χ1n) is 5.55. The van der Waals surface area contributed by atoms with E-state index in [9.17, 15) is 4.79 Å². The van der Waals surface area contributed by atoms with E-state index in [0.717, 1.165) is 18.6 Å². The van der Waals surface area contributed by atoms with Gasteiger partial charge >= 0.3 is 5.97 Å². The summed E-state index contributed by atoms with van der Waals surface area (Å²) in [5, 5.41) is 8.58. The molecule has 0 spiro atoms. The van der Waals surface area contributed by atoms with Crippen LogP contribution in [0.15, 0.2) is 18.2 Å². The molecule has 0 unspecified atom stereocenters. The van der Waals surface area contributed by atoms with E-state index in [0.29, 0.717) is 6.42 Å². The van der Waals surface area contributed by atoms with Crippen LogP contribution in [-0.4, -0.2) is 18.2 Å². The van der Waals surface area contributed by atoms with E-state index in [1.54, 1.807) is 7.11 Å². The fraction of sp³-hybridized carbons (Fsp3) is 0.462. The predicted octanol–water partition coefficient (Wildman–Crippen LogP) is 2.66. The van der Waals surface area contributed by atoms with E-state index in [2.05, 4.69) is 6.92 Å². The summed E-state index contributed by atoms with van der Waals surface area (Å²) in [7, 11) is 1.65. The van der Waals surface area contributed by atoms with Crippen molar-refractivity contribution in [1.82, 2.24) is 0 Å². The molecule has 1 aromatic rings. The Balaban J connectivity index is 2.68. The Hall–Kier alpha value is -1.51. The fourth-order valence-corrected chi connectivity index (χ4v) is 1.73. The second-order valence-electron chi connectivity index (χ2n) is 3.74. The van der Waals surface area contributed by atoms with Crippen molar-refractivity contribution in [2.45, 2.75) is 32.6 Å². The van der Waals surface area contributed by atoms with Crippen molar-refractivity contribution in [2.24, 2.45) is 0 Å². The van der Waals surface area contributed by atoms with Crippen molar-refractivity contribution < 1.29 is 14.6 Å². The third-order valence-corrected chi connectivity index (χ3v) is 2.63. The zero-order valence-electron chi connectivity index (χ0n) is 9.82. The lowest BCUT2D eigenvalue weighted by atomic mass is 10.00. The Morgan fingerprint density at radius 2 is 2.12 bits per heavy atom. The van der Waals surface area contributed by atoms with Crippen molar-refractivity contribution in [3.8, 4) is 5.75 Å². The van der Waals surface area contributed by atoms with Gasteiger partial charge in [-0.25, -0.2) is 0 Å². The quantitative estimate of drug-likeness (QED) is 0.804. The Bertz CT molecular complexity index is 358. The number of hydrogen-bond donors (Lipinski definition) is 1. The molecule has 0 aromatic heterocycles. The monoisotopic (exact) mass is 222 g/mol. The average molecular weight is 222 g/mol. The van der Waals surface area contributed by atoms with Crippen LogP contribution < -0.4 is 4.74 Å². The fourth-order valence-electron chi connectivity index (χ4n) is 1.73. The highest BCUT2D eigenvalue weighted by Crippen LogP contribution is 2.19. The molecule has 0 amide bonds. The van der Waals surface area contributed by atoms with Crippen LogP contribution in [0, 0.1) is 0 Å². The summed E-state index contributed by atoms with van der Waals surface area (Å²) in [6.07, 6.45) is 2.68. The van der Waals surface area contributed by atoms with Crippen LogP contribution in [0.5, 0.6) is 5.75 Å². The number of aryl methyl sites for hydroxylation is 2. The van der Waals surface area contributed by atoms with Gasteiger partial charge in [0.15, 0.2) is 0 Å². The molecule has 1 N–H and O–H groups in total. The van der Waals surface area contributed by atoms with Crippen molar-refractivity contribution in [1.29, 1.82) is 0 Å². The van der Waals surface area contributed by atoms with Crippen LogP contribution in [0.2, 0.25) is 0 Å². The Kier molecular flexibility index (Phi) is 4.83. The molecular weight excluding hydrogens is 204 g/mol.